The minimum atomic E-state index is 0.0818. The van der Waals surface area contributed by atoms with Gasteiger partial charge in [0.2, 0.25) is 5.91 Å². The van der Waals surface area contributed by atoms with Gasteiger partial charge in [0.15, 0.2) is 0 Å². The van der Waals surface area contributed by atoms with Gasteiger partial charge in [0, 0.05) is 39.2 Å². The van der Waals surface area contributed by atoms with E-state index in [9.17, 15) is 4.79 Å². The number of hydrogen-bond donors (Lipinski definition) is 1. The third-order valence-electron chi connectivity index (χ3n) is 5.30. The van der Waals surface area contributed by atoms with Crippen molar-refractivity contribution < 1.29 is 9.21 Å². The number of nitrogens with one attached hydrogen (secondary N) is 1. The predicted molar refractivity (Wildman–Crippen MR) is 109 cm³/mol. The Kier molecular flexibility index (Phi) is 6.93. The molecule has 146 valence electrons. The number of rotatable bonds is 8. The summed E-state index contributed by atoms with van der Waals surface area (Å²) < 4.78 is 5.31. The van der Waals surface area contributed by atoms with Gasteiger partial charge in [-0.15, -0.1) is 0 Å². The number of carbonyl (C=O) groups excluding carboxylic acids is 1. The fourth-order valence-electron chi connectivity index (χ4n) is 3.67. The summed E-state index contributed by atoms with van der Waals surface area (Å²) in [4.78, 5) is 16.9. The first-order valence-electron chi connectivity index (χ1n) is 9.94. The molecule has 0 spiro atoms. The molecule has 1 fully saturated rings. The number of anilines is 1. The Morgan fingerprint density at radius 1 is 1.15 bits per heavy atom. The van der Waals surface area contributed by atoms with Gasteiger partial charge in [0.05, 0.1) is 12.3 Å². The highest BCUT2D eigenvalue weighted by Gasteiger charge is 2.23. The number of carbonyl (C=O) groups is 1. The van der Waals surface area contributed by atoms with Crippen LogP contribution in [0.1, 0.15) is 43.0 Å². The smallest absolute Gasteiger partial charge is 0.220 e. The third kappa shape index (κ3) is 5.60. The normalized spacial score (nSPS) is 16.1. The van der Waals surface area contributed by atoms with E-state index in [1.165, 1.54) is 30.5 Å². The van der Waals surface area contributed by atoms with E-state index in [-0.39, 0.29) is 11.9 Å². The highest BCUT2D eigenvalue weighted by molar-refractivity contribution is 5.76. The quantitative estimate of drug-likeness (QED) is 0.772. The second-order valence-electron chi connectivity index (χ2n) is 7.48. The molecule has 3 rings (SSSR count). The maximum absolute atomic E-state index is 12.3. The Labute approximate surface area is 162 Å². The lowest BCUT2D eigenvalue weighted by Gasteiger charge is -2.35. The topological polar surface area (TPSA) is 48.7 Å². The number of hydrogen-bond acceptors (Lipinski definition) is 4. The summed E-state index contributed by atoms with van der Waals surface area (Å²) in [7, 11) is 4.10. The largest absolute Gasteiger partial charge is 0.469 e. The summed E-state index contributed by atoms with van der Waals surface area (Å²) in [6.07, 6.45) is 6.53. The molecule has 1 aromatic carbocycles. The van der Waals surface area contributed by atoms with Crippen molar-refractivity contribution in [3.63, 3.8) is 0 Å². The molecule has 1 atom stereocenters. The number of amides is 1. The van der Waals surface area contributed by atoms with E-state index in [1.807, 2.05) is 12.1 Å². The van der Waals surface area contributed by atoms with Crippen LogP contribution in [0, 0.1) is 0 Å². The van der Waals surface area contributed by atoms with Crippen LogP contribution in [0.15, 0.2) is 47.1 Å². The molecule has 0 aliphatic carbocycles. The Bertz CT molecular complexity index is 689. The molecule has 1 unspecified atom stereocenters. The highest BCUT2D eigenvalue weighted by Crippen LogP contribution is 2.26. The van der Waals surface area contributed by atoms with E-state index in [0.717, 1.165) is 18.8 Å². The molecule has 1 amide bonds. The van der Waals surface area contributed by atoms with Crippen molar-refractivity contribution in [1.82, 2.24) is 10.2 Å². The zero-order chi connectivity index (χ0) is 19.1. The molecule has 1 aliphatic heterocycles. The first kappa shape index (κ1) is 19.5. The van der Waals surface area contributed by atoms with Crippen molar-refractivity contribution >= 4 is 11.6 Å². The lowest BCUT2D eigenvalue weighted by molar-refractivity contribution is -0.121. The average molecular weight is 370 g/mol. The molecule has 0 bridgehead atoms. The second-order valence-corrected chi connectivity index (χ2v) is 7.48. The molecule has 0 saturated carbocycles. The molecule has 5 heteroatoms. The average Bonchev–Trinajstić information content (AvgIpc) is 3.21. The molecule has 27 heavy (non-hydrogen) atoms. The number of aryl methyl sites for hydroxylation is 1. The molecular formula is C22H31N3O2. The number of likely N-dealkylation sites (tertiary alicyclic amines) is 1. The van der Waals surface area contributed by atoms with Crippen LogP contribution < -0.4 is 10.2 Å². The first-order valence-corrected chi connectivity index (χ1v) is 9.94. The fraction of sp³-hybridized carbons (Fsp3) is 0.500. The summed E-state index contributed by atoms with van der Waals surface area (Å²) in [6.45, 7) is 2.85. The second kappa shape index (κ2) is 9.60. The van der Waals surface area contributed by atoms with Crippen LogP contribution in [0.4, 0.5) is 5.69 Å². The standard InChI is InChI=1S/C22H31N3O2/c1-24(2)19-10-8-18(9-11-19)21(25-14-4-3-5-15-25)17-23-22(26)13-12-20-7-6-16-27-20/h6-11,16,21H,3-5,12-15,17H2,1-2H3,(H,23,26). The SMILES string of the molecule is CN(C)c1ccc(C(CNC(=O)CCc2ccco2)N2CCCCC2)cc1. The Morgan fingerprint density at radius 3 is 2.52 bits per heavy atom. The molecule has 2 heterocycles. The molecule has 2 aromatic rings. The van der Waals surface area contributed by atoms with E-state index in [1.54, 1.807) is 6.26 Å². The molecular weight excluding hydrogens is 338 g/mol. The van der Waals surface area contributed by atoms with Crippen LogP contribution in [0.25, 0.3) is 0 Å². The van der Waals surface area contributed by atoms with Crippen LogP contribution in [0.3, 0.4) is 0 Å². The van der Waals surface area contributed by atoms with Crippen LogP contribution in [0.2, 0.25) is 0 Å². The van der Waals surface area contributed by atoms with Gasteiger partial charge >= 0.3 is 0 Å². The van der Waals surface area contributed by atoms with Gasteiger partial charge in [-0.2, -0.15) is 0 Å². The van der Waals surface area contributed by atoms with Gasteiger partial charge in [-0.1, -0.05) is 18.6 Å². The van der Waals surface area contributed by atoms with Gasteiger partial charge in [-0.05, 0) is 55.8 Å². The first-order chi connectivity index (χ1) is 13.1. The van der Waals surface area contributed by atoms with Gasteiger partial charge in [0.25, 0.3) is 0 Å². The van der Waals surface area contributed by atoms with Crippen LogP contribution in [-0.2, 0) is 11.2 Å². The van der Waals surface area contributed by atoms with Crippen LogP contribution in [0.5, 0.6) is 0 Å². The molecule has 1 aromatic heterocycles. The van der Waals surface area contributed by atoms with Crippen molar-refractivity contribution in [1.29, 1.82) is 0 Å². The van der Waals surface area contributed by atoms with E-state index < -0.39 is 0 Å². The Hall–Kier alpha value is -2.27. The van der Waals surface area contributed by atoms with Crippen molar-refractivity contribution in [2.45, 2.75) is 38.1 Å². The lowest BCUT2D eigenvalue weighted by atomic mass is 10.0. The minimum Gasteiger partial charge on any atom is -0.469 e. The molecule has 1 saturated heterocycles. The van der Waals surface area contributed by atoms with Gasteiger partial charge in [-0.3, -0.25) is 9.69 Å². The predicted octanol–water partition coefficient (Wildman–Crippen LogP) is 3.62. The summed E-state index contributed by atoms with van der Waals surface area (Å²) in [6, 6.07) is 12.7. The molecule has 1 aliphatic rings. The number of furan rings is 1. The third-order valence-corrected chi connectivity index (χ3v) is 5.30. The summed E-state index contributed by atoms with van der Waals surface area (Å²) in [5, 5.41) is 3.15. The van der Waals surface area contributed by atoms with Gasteiger partial charge in [-0.25, -0.2) is 0 Å². The molecule has 1 N–H and O–H groups in total. The van der Waals surface area contributed by atoms with Gasteiger partial charge in [0.1, 0.15) is 5.76 Å². The summed E-state index contributed by atoms with van der Waals surface area (Å²) in [5.74, 6) is 0.940. The highest BCUT2D eigenvalue weighted by atomic mass is 16.3. The maximum atomic E-state index is 12.3. The lowest BCUT2D eigenvalue weighted by Crippen LogP contribution is -2.40. The zero-order valence-corrected chi connectivity index (χ0v) is 16.5. The van der Waals surface area contributed by atoms with Crippen LogP contribution in [-0.4, -0.2) is 44.5 Å². The minimum absolute atomic E-state index is 0.0818. The maximum Gasteiger partial charge on any atom is 0.220 e. The van der Waals surface area contributed by atoms with Crippen LogP contribution >= 0.6 is 0 Å². The summed E-state index contributed by atoms with van der Waals surface area (Å²) >= 11 is 0. The van der Waals surface area contributed by atoms with Crippen molar-refractivity contribution in [3.8, 4) is 0 Å². The monoisotopic (exact) mass is 369 g/mol. The number of nitrogens with zero attached hydrogens (tertiary/aromatic N) is 2. The fourth-order valence-corrected chi connectivity index (χ4v) is 3.67. The van der Waals surface area contributed by atoms with E-state index in [4.69, 9.17) is 4.42 Å². The van der Waals surface area contributed by atoms with Crippen molar-refractivity contribution in [3.05, 3.63) is 54.0 Å². The summed E-state index contributed by atoms with van der Waals surface area (Å²) in [5.41, 5.74) is 2.47. The van der Waals surface area contributed by atoms with E-state index in [2.05, 4.69) is 53.5 Å². The Balaban J connectivity index is 1.61. The van der Waals surface area contributed by atoms with E-state index >= 15 is 0 Å². The molecule has 5 nitrogen and oxygen atoms in total. The number of benzene rings is 1. The zero-order valence-electron chi connectivity index (χ0n) is 16.5. The van der Waals surface area contributed by atoms with Gasteiger partial charge < -0.3 is 14.6 Å². The van der Waals surface area contributed by atoms with Crippen molar-refractivity contribution in [2.75, 3.05) is 38.6 Å². The van der Waals surface area contributed by atoms with Crippen molar-refractivity contribution in [2.24, 2.45) is 0 Å². The Morgan fingerprint density at radius 2 is 1.89 bits per heavy atom. The number of piperidine rings is 1. The molecule has 0 radical (unpaired) electrons. The van der Waals surface area contributed by atoms with E-state index in [0.29, 0.717) is 19.4 Å².